The number of halogens is 1. The highest BCUT2D eigenvalue weighted by Gasteiger charge is 2.51. The molecule has 38 heavy (non-hydrogen) atoms. The number of aromatic nitrogens is 2. The summed E-state index contributed by atoms with van der Waals surface area (Å²) in [6.07, 6.45) is -0.0335. The molecule has 2 fully saturated rings. The number of morpholine rings is 1. The first-order valence-electron chi connectivity index (χ1n) is 13.3. The Labute approximate surface area is 231 Å². The zero-order chi connectivity index (χ0) is 26.8. The van der Waals surface area contributed by atoms with E-state index in [-0.39, 0.29) is 17.2 Å². The van der Waals surface area contributed by atoms with E-state index in [0.29, 0.717) is 37.7 Å². The Bertz CT molecular complexity index is 1170. The van der Waals surface area contributed by atoms with Crippen LogP contribution in [0.4, 0.5) is 11.8 Å². The summed E-state index contributed by atoms with van der Waals surface area (Å²) in [5, 5.41) is 2.83. The van der Waals surface area contributed by atoms with Crippen molar-refractivity contribution < 1.29 is 13.9 Å². The molecule has 202 valence electrons. The van der Waals surface area contributed by atoms with Crippen molar-refractivity contribution in [3.8, 4) is 0 Å². The van der Waals surface area contributed by atoms with Crippen molar-refractivity contribution in [2.45, 2.75) is 44.9 Å². The van der Waals surface area contributed by atoms with E-state index in [1.165, 1.54) is 10.4 Å². The van der Waals surface area contributed by atoms with E-state index in [0.717, 1.165) is 18.9 Å². The van der Waals surface area contributed by atoms with Gasteiger partial charge in [0, 0.05) is 19.2 Å². The Kier molecular flexibility index (Phi) is 8.07. The largest absolute Gasteiger partial charge is 0.405 e. The highest BCUT2D eigenvalue weighted by Crippen LogP contribution is 2.38. The van der Waals surface area contributed by atoms with Crippen LogP contribution in [0, 0.1) is 0 Å². The Hall–Kier alpha value is -2.49. The van der Waals surface area contributed by atoms with E-state index >= 15 is 0 Å². The third-order valence-electron chi connectivity index (χ3n) is 7.56. The van der Waals surface area contributed by atoms with Gasteiger partial charge in [-0.1, -0.05) is 93.0 Å². The average Bonchev–Trinajstić information content (AvgIpc) is 3.30. The molecule has 2 atom stereocenters. The van der Waals surface area contributed by atoms with Gasteiger partial charge in [-0.25, -0.2) is 4.98 Å². The van der Waals surface area contributed by atoms with Gasteiger partial charge in [-0.15, -0.1) is 0 Å². The average molecular weight is 553 g/mol. The van der Waals surface area contributed by atoms with Gasteiger partial charge in [0.15, 0.2) is 0 Å². The second-order valence-electron chi connectivity index (χ2n) is 11.0. The number of nitrogens with zero attached hydrogens (tertiary/aromatic N) is 4. The van der Waals surface area contributed by atoms with E-state index in [2.05, 4.69) is 103 Å². The van der Waals surface area contributed by atoms with E-state index in [9.17, 15) is 0 Å². The monoisotopic (exact) mass is 552 g/mol. The third-order valence-corrected chi connectivity index (χ3v) is 12.8. The Morgan fingerprint density at radius 1 is 0.974 bits per heavy atom. The molecule has 2 aliphatic rings. The molecule has 3 heterocycles. The second kappa shape index (κ2) is 11.3. The maximum atomic E-state index is 7.26. The molecule has 1 aromatic heterocycles. The van der Waals surface area contributed by atoms with Crippen LogP contribution in [-0.2, 0) is 13.9 Å². The van der Waals surface area contributed by atoms with Gasteiger partial charge < -0.3 is 23.7 Å². The molecule has 5 rings (SSSR count). The molecular formula is C29H37ClN4O3Si. The van der Waals surface area contributed by atoms with Crippen LogP contribution in [0.1, 0.15) is 27.7 Å². The summed E-state index contributed by atoms with van der Waals surface area (Å²) >= 11 is 6.50. The summed E-state index contributed by atoms with van der Waals surface area (Å²) in [6.45, 7) is 12.7. The molecule has 2 unspecified atom stereocenters. The van der Waals surface area contributed by atoms with Crippen molar-refractivity contribution in [1.29, 1.82) is 0 Å². The second-order valence-corrected chi connectivity index (χ2v) is 15.7. The summed E-state index contributed by atoms with van der Waals surface area (Å²) < 4.78 is 18.9. The summed E-state index contributed by atoms with van der Waals surface area (Å²) in [4.78, 5) is 13.7. The van der Waals surface area contributed by atoms with E-state index in [1.54, 1.807) is 0 Å². The molecular weight excluding hydrogens is 516 g/mol. The quantitative estimate of drug-likeness (QED) is 0.323. The lowest BCUT2D eigenvalue weighted by Crippen LogP contribution is -2.67. The predicted molar refractivity (Wildman–Crippen MR) is 155 cm³/mol. The molecule has 0 aliphatic carbocycles. The van der Waals surface area contributed by atoms with Crippen LogP contribution in [0.25, 0.3) is 0 Å². The van der Waals surface area contributed by atoms with Gasteiger partial charge in [0.2, 0.25) is 5.95 Å². The minimum absolute atomic E-state index is 0.0276. The zero-order valence-electron chi connectivity index (χ0n) is 22.6. The van der Waals surface area contributed by atoms with Crippen LogP contribution in [-0.4, -0.2) is 70.1 Å². The fourth-order valence-electron chi connectivity index (χ4n) is 5.54. The molecule has 0 amide bonds. The maximum Gasteiger partial charge on any atom is 0.261 e. The van der Waals surface area contributed by atoms with Crippen LogP contribution in [0.15, 0.2) is 66.7 Å². The summed E-state index contributed by atoms with van der Waals surface area (Å²) in [5.41, 5.74) is 0. The van der Waals surface area contributed by atoms with Crippen LogP contribution in [0.5, 0.6) is 0 Å². The van der Waals surface area contributed by atoms with Crippen molar-refractivity contribution in [1.82, 2.24) is 9.97 Å². The first-order chi connectivity index (χ1) is 18.3. The number of hydrogen-bond donors (Lipinski definition) is 0. The van der Waals surface area contributed by atoms with Gasteiger partial charge in [-0.05, 0) is 22.3 Å². The van der Waals surface area contributed by atoms with Gasteiger partial charge in [-0.2, -0.15) is 4.98 Å². The predicted octanol–water partition coefficient (Wildman–Crippen LogP) is 4.09. The first kappa shape index (κ1) is 27.1. The number of anilines is 2. The van der Waals surface area contributed by atoms with Crippen LogP contribution in [0.3, 0.4) is 0 Å². The topological polar surface area (TPSA) is 60.0 Å². The van der Waals surface area contributed by atoms with Gasteiger partial charge in [0.1, 0.15) is 17.7 Å². The molecule has 0 N–H and O–H groups in total. The summed E-state index contributed by atoms with van der Waals surface area (Å²) in [5.74, 6) is 1.38. The van der Waals surface area contributed by atoms with Gasteiger partial charge >= 0.3 is 0 Å². The molecule has 0 bridgehead atoms. The van der Waals surface area contributed by atoms with Crippen molar-refractivity contribution >= 4 is 42.1 Å². The normalized spacial score (nSPS) is 20.7. The van der Waals surface area contributed by atoms with Crippen molar-refractivity contribution in [3.05, 3.63) is 71.9 Å². The van der Waals surface area contributed by atoms with Crippen LogP contribution >= 0.6 is 11.6 Å². The van der Waals surface area contributed by atoms with Gasteiger partial charge in [-0.3, -0.25) is 0 Å². The smallest absolute Gasteiger partial charge is 0.261 e. The molecule has 2 saturated heterocycles. The van der Waals surface area contributed by atoms with Gasteiger partial charge in [0.25, 0.3) is 8.32 Å². The fourth-order valence-corrected chi connectivity index (χ4v) is 10.3. The van der Waals surface area contributed by atoms with Crippen LogP contribution in [0.2, 0.25) is 10.2 Å². The molecule has 2 aliphatic heterocycles. The lowest BCUT2D eigenvalue weighted by atomic mass is 10.2. The third kappa shape index (κ3) is 5.33. The first-order valence-corrected chi connectivity index (χ1v) is 15.6. The van der Waals surface area contributed by atoms with E-state index in [1.807, 2.05) is 6.07 Å². The Morgan fingerprint density at radius 3 is 2.16 bits per heavy atom. The molecule has 0 spiro atoms. The standard InChI is InChI=1S/C29H37ClN4O3Si/c1-22-25(34(21-36-22)27-19-26(30)31-28(32-27)33-15-17-35-18-16-33)20-37-38(29(2,3)4,23-11-7-5-8-12-23)24-13-9-6-10-14-24/h5-14,19,22,25H,15-18,20-21H2,1-4H3. The lowest BCUT2D eigenvalue weighted by molar-refractivity contribution is 0.107. The summed E-state index contributed by atoms with van der Waals surface area (Å²) in [7, 11) is -2.69. The van der Waals surface area contributed by atoms with Crippen LogP contribution < -0.4 is 20.2 Å². The van der Waals surface area contributed by atoms with Gasteiger partial charge in [0.05, 0.1) is 32.0 Å². The fraction of sp³-hybridized carbons (Fsp3) is 0.448. The molecule has 7 nitrogen and oxygen atoms in total. The van der Waals surface area contributed by atoms with Crippen molar-refractivity contribution in [2.24, 2.45) is 0 Å². The maximum absolute atomic E-state index is 7.26. The lowest BCUT2D eigenvalue weighted by Gasteiger charge is -2.44. The number of hydrogen-bond acceptors (Lipinski definition) is 7. The minimum Gasteiger partial charge on any atom is -0.405 e. The van der Waals surface area contributed by atoms with Crippen molar-refractivity contribution in [3.63, 3.8) is 0 Å². The highest BCUT2D eigenvalue weighted by molar-refractivity contribution is 6.99. The number of rotatable bonds is 7. The number of benzene rings is 2. The Balaban J connectivity index is 1.48. The Morgan fingerprint density at radius 2 is 1.58 bits per heavy atom. The van der Waals surface area contributed by atoms with E-state index in [4.69, 9.17) is 30.5 Å². The SMILES string of the molecule is CC1OCN(c2cc(Cl)nc(N3CCOCC3)n2)C1CO[Si](c1ccccc1)(c1ccccc1)C(C)(C)C. The molecule has 0 radical (unpaired) electrons. The highest BCUT2D eigenvalue weighted by atomic mass is 35.5. The van der Waals surface area contributed by atoms with E-state index < -0.39 is 8.32 Å². The molecule has 0 saturated carbocycles. The zero-order valence-corrected chi connectivity index (χ0v) is 24.4. The molecule has 2 aromatic carbocycles. The van der Waals surface area contributed by atoms with Crippen molar-refractivity contribution in [2.75, 3.05) is 49.4 Å². The summed E-state index contributed by atoms with van der Waals surface area (Å²) in [6, 6.07) is 23.2. The minimum atomic E-state index is -2.69. The molecule has 3 aromatic rings. The number of ether oxygens (including phenoxy) is 2. The molecule has 9 heteroatoms.